The SMILES string of the molecule is O=C(O)c1ccc(OC(=O)c2ccc(Cl)c(Cl)c2)cc1. The van der Waals surface area contributed by atoms with Crippen LogP contribution in [0.15, 0.2) is 42.5 Å². The third-order valence-corrected chi connectivity index (χ3v) is 3.21. The van der Waals surface area contributed by atoms with Gasteiger partial charge in [-0.15, -0.1) is 0 Å². The zero-order chi connectivity index (χ0) is 14.7. The number of carbonyl (C=O) groups excluding carboxylic acids is 1. The maximum absolute atomic E-state index is 11.9. The number of benzene rings is 2. The summed E-state index contributed by atoms with van der Waals surface area (Å²) in [6, 6.07) is 9.88. The first kappa shape index (κ1) is 14.4. The molecule has 20 heavy (non-hydrogen) atoms. The fourth-order valence-electron chi connectivity index (χ4n) is 1.45. The van der Waals surface area contributed by atoms with Gasteiger partial charge in [-0.1, -0.05) is 23.2 Å². The van der Waals surface area contributed by atoms with Gasteiger partial charge in [-0.3, -0.25) is 0 Å². The summed E-state index contributed by atoms with van der Waals surface area (Å²) in [6.07, 6.45) is 0. The second kappa shape index (κ2) is 5.94. The van der Waals surface area contributed by atoms with Crippen molar-refractivity contribution in [2.75, 3.05) is 0 Å². The summed E-state index contributed by atoms with van der Waals surface area (Å²) >= 11 is 11.6. The Bertz CT molecular complexity index is 665. The van der Waals surface area contributed by atoms with Gasteiger partial charge in [0.05, 0.1) is 21.2 Å². The molecule has 2 aromatic rings. The van der Waals surface area contributed by atoms with Gasteiger partial charge in [-0.25, -0.2) is 9.59 Å². The number of hydrogen-bond acceptors (Lipinski definition) is 3. The molecule has 1 N–H and O–H groups in total. The third-order valence-electron chi connectivity index (χ3n) is 2.47. The second-order valence-electron chi connectivity index (χ2n) is 3.85. The van der Waals surface area contributed by atoms with Crippen LogP contribution in [0.1, 0.15) is 20.7 Å². The molecule has 102 valence electrons. The molecule has 2 aromatic carbocycles. The maximum atomic E-state index is 11.9. The average molecular weight is 311 g/mol. The molecule has 0 bridgehead atoms. The standard InChI is InChI=1S/C14H8Cl2O4/c15-11-6-3-9(7-12(11)16)14(19)20-10-4-1-8(2-5-10)13(17)18/h1-7H,(H,17,18). The first-order valence-electron chi connectivity index (χ1n) is 5.48. The number of carboxylic acid groups (broad SMARTS) is 1. The number of rotatable bonds is 3. The molecule has 0 aliphatic rings. The summed E-state index contributed by atoms with van der Waals surface area (Å²) in [7, 11) is 0. The van der Waals surface area contributed by atoms with Crippen LogP contribution in [-0.2, 0) is 0 Å². The van der Waals surface area contributed by atoms with E-state index in [9.17, 15) is 9.59 Å². The van der Waals surface area contributed by atoms with Gasteiger partial charge in [0, 0.05) is 0 Å². The van der Waals surface area contributed by atoms with Gasteiger partial charge >= 0.3 is 11.9 Å². The van der Waals surface area contributed by atoms with Gasteiger partial charge in [0.25, 0.3) is 0 Å². The highest BCUT2D eigenvalue weighted by molar-refractivity contribution is 6.42. The van der Waals surface area contributed by atoms with Crippen molar-refractivity contribution >= 4 is 35.1 Å². The van der Waals surface area contributed by atoms with E-state index >= 15 is 0 Å². The van der Waals surface area contributed by atoms with Crippen molar-refractivity contribution in [2.24, 2.45) is 0 Å². The molecule has 6 heteroatoms. The van der Waals surface area contributed by atoms with E-state index in [1.165, 1.54) is 42.5 Å². The first-order chi connectivity index (χ1) is 9.47. The highest BCUT2D eigenvalue weighted by Crippen LogP contribution is 2.23. The highest BCUT2D eigenvalue weighted by atomic mass is 35.5. The number of ether oxygens (including phenoxy) is 1. The molecule has 0 fully saturated rings. The van der Waals surface area contributed by atoms with Crippen molar-refractivity contribution in [3.05, 3.63) is 63.6 Å². The Kier molecular flexibility index (Phi) is 4.27. The Morgan fingerprint density at radius 3 is 2.05 bits per heavy atom. The van der Waals surface area contributed by atoms with Gasteiger partial charge in [0.2, 0.25) is 0 Å². The molecule has 0 saturated heterocycles. The Morgan fingerprint density at radius 1 is 0.900 bits per heavy atom. The molecule has 0 aromatic heterocycles. The van der Waals surface area contributed by atoms with E-state index in [1.54, 1.807) is 0 Å². The van der Waals surface area contributed by atoms with Crippen LogP contribution < -0.4 is 4.74 Å². The van der Waals surface area contributed by atoms with Crippen molar-refractivity contribution in [1.82, 2.24) is 0 Å². The van der Waals surface area contributed by atoms with Crippen LogP contribution in [0, 0.1) is 0 Å². The number of aromatic carboxylic acids is 1. The average Bonchev–Trinajstić information content (AvgIpc) is 2.42. The number of carbonyl (C=O) groups is 2. The molecule has 0 atom stereocenters. The van der Waals surface area contributed by atoms with Gasteiger partial charge in [0.15, 0.2) is 0 Å². The minimum atomic E-state index is -1.05. The predicted molar refractivity (Wildman–Crippen MR) is 74.8 cm³/mol. The van der Waals surface area contributed by atoms with Gasteiger partial charge < -0.3 is 9.84 Å². The lowest BCUT2D eigenvalue weighted by molar-refractivity contribution is 0.0696. The number of halogens is 2. The Balaban J connectivity index is 2.14. The van der Waals surface area contributed by atoms with Crippen molar-refractivity contribution in [2.45, 2.75) is 0 Å². The van der Waals surface area contributed by atoms with E-state index < -0.39 is 11.9 Å². The zero-order valence-corrected chi connectivity index (χ0v) is 11.5. The quantitative estimate of drug-likeness (QED) is 0.689. The molecule has 0 unspecified atom stereocenters. The number of carboxylic acids is 1. The topological polar surface area (TPSA) is 63.6 Å². The van der Waals surface area contributed by atoms with Crippen molar-refractivity contribution < 1.29 is 19.4 Å². The third kappa shape index (κ3) is 3.29. The predicted octanol–water partition coefficient (Wildman–Crippen LogP) is 3.91. The summed E-state index contributed by atoms with van der Waals surface area (Å²) in [6.45, 7) is 0. The fourth-order valence-corrected chi connectivity index (χ4v) is 1.75. The van der Waals surface area contributed by atoms with E-state index in [-0.39, 0.29) is 21.9 Å². The summed E-state index contributed by atoms with van der Waals surface area (Å²) in [5.74, 6) is -1.41. The largest absolute Gasteiger partial charge is 0.478 e. The minimum Gasteiger partial charge on any atom is -0.478 e. The molecule has 0 radical (unpaired) electrons. The molecule has 0 spiro atoms. The first-order valence-corrected chi connectivity index (χ1v) is 6.23. The fraction of sp³-hybridized carbons (Fsp3) is 0. The normalized spacial score (nSPS) is 10.1. The van der Waals surface area contributed by atoms with E-state index in [2.05, 4.69) is 0 Å². The minimum absolute atomic E-state index is 0.110. The second-order valence-corrected chi connectivity index (χ2v) is 4.66. The van der Waals surface area contributed by atoms with Gasteiger partial charge in [-0.05, 0) is 42.5 Å². The van der Waals surface area contributed by atoms with Crippen molar-refractivity contribution in [1.29, 1.82) is 0 Å². The molecule has 0 aliphatic heterocycles. The smallest absolute Gasteiger partial charge is 0.343 e. The lowest BCUT2D eigenvalue weighted by atomic mass is 10.2. The monoisotopic (exact) mass is 310 g/mol. The van der Waals surface area contributed by atoms with E-state index in [0.717, 1.165) is 0 Å². The van der Waals surface area contributed by atoms with Gasteiger partial charge in [0.1, 0.15) is 5.75 Å². The summed E-state index contributed by atoms with van der Waals surface area (Å²) in [4.78, 5) is 22.5. The Labute approximate surface area is 124 Å². The van der Waals surface area contributed by atoms with Crippen LogP contribution in [0.5, 0.6) is 5.75 Å². The number of esters is 1. The van der Waals surface area contributed by atoms with Crippen LogP contribution >= 0.6 is 23.2 Å². The molecule has 2 rings (SSSR count). The Morgan fingerprint density at radius 2 is 1.50 bits per heavy atom. The van der Waals surface area contributed by atoms with E-state index in [0.29, 0.717) is 5.02 Å². The number of hydrogen-bond donors (Lipinski definition) is 1. The van der Waals surface area contributed by atoms with Crippen LogP contribution in [0.4, 0.5) is 0 Å². The van der Waals surface area contributed by atoms with Crippen molar-refractivity contribution in [3.63, 3.8) is 0 Å². The van der Waals surface area contributed by atoms with Crippen LogP contribution in [0.25, 0.3) is 0 Å². The molecule has 0 amide bonds. The molecular formula is C14H8Cl2O4. The Hall–Kier alpha value is -2.04. The highest BCUT2D eigenvalue weighted by Gasteiger charge is 2.11. The van der Waals surface area contributed by atoms with Crippen LogP contribution in [0.2, 0.25) is 10.0 Å². The zero-order valence-electron chi connectivity index (χ0n) is 9.97. The molecule has 0 aliphatic carbocycles. The van der Waals surface area contributed by atoms with E-state index in [1.807, 2.05) is 0 Å². The van der Waals surface area contributed by atoms with Gasteiger partial charge in [-0.2, -0.15) is 0 Å². The summed E-state index contributed by atoms with van der Waals surface area (Å²) in [5.41, 5.74) is 0.362. The molecular weight excluding hydrogens is 303 g/mol. The molecule has 0 heterocycles. The van der Waals surface area contributed by atoms with Crippen LogP contribution in [-0.4, -0.2) is 17.0 Å². The summed E-state index contributed by atoms with van der Waals surface area (Å²) in [5, 5.41) is 9.35. The lowest BCUT2D eigenvalue weighted by Crippen LogP contribution is -2.08. The van der Waals surface area contributed by atoms with Crippen LogP contribution in [0.3, 0.4) is 0 Å². The molecule has 4 nitrogen and oxygen atoms in total. The lowest BCUT2D eigenvalue weighted by Gasteiger charge is -2.05. The maximum Gasteiger partial charge on any atom is 0.343 e. The molecule has 0 saturated carbocycles. The summed E-state index contributed by atoms with van der Waals surface area (Å²) < 4.78 is 5.10. The van der Waals surface area contributed by atoms with Crippen molar-refractivity contribution in [3.8, 4) is 5.75 Å². The van der Waals surface area contributed by atoms with E-state index in [4.69, 9.17) is 33.0 Å².